The molecule has 0 saturated carbocycles. The molecule has 2 aromatic carbocycles. The number of carboxylic acids is 1. The van der Waals surface area contributed by atoms with Crippen LogP contribution in [0.4, 0.5) is 4.39 Å². The van der Waals surface area contributed by atoms with Gasteiger partial charge in [0.1, 0.15) is 0 Å². The largest absolute Gasteiger partial charge is 0.481 e. The summed E-state index contributed by atoms with van der Waals surface area (Å²) in [5.41, 5.74) is 2.73. The Kier molecular flexibility index (Phi) is 5.58. The predicted octanol–water partition coefficient (Wildman–Crippen LogP) is 5.73. The minimum Gasteiger partial charge on any atom is -0.481 e. The van der Waals surface area contributed by atoms with Crippen molar-refractivity contribution in [1.82, 2.24) is 14.3 Å². The molecule has 2 heterocycles. The van der Waals surface area contributed by atoms with Gasteiger partial charge in [-0.05, 0) is 43.7 Å². The number of fused-ring (bicyclic) bond motifs is 1. The van der Waals surface area contributed by atoms with Crippen LogP contribution in [0.2, 0.25) is 5.02 Å². The van der Waals surface area contributed by atoms with E-state index in [1.165, 1.54) is 11.8 Å². The number of halogens is 2. The summed E-state index contributed by atoms with van der Waals surface area (Å²) in [6, 6.07) is 10.8. The lowest BCUT2D eigenvalue weighted by Gasteiger charge is -2.07. The van der Waals surface area contributed by atoms with Crippen molar-refractivity contribution < 1.29 is 14.3 Å². The molecule has 0 unspecified atom stereocenters. The highest BCUT2D eigenvalue weighted by Gasteiger charge is 2.22. The smallest absolute Gasteiger partial charge is 0.307 e. The number of hydrogen-bond donors (Lipinski definition) is 1. The number of benzene rings is 2. The number of carboxylic acid groups (broad SMARTS) is 1. The molecule has 2 aromatic heterocycles. The minimum atomic E-state index is -0.880. The van der Waals surface area contributed by atoms with Gasteiger partial charge >= 0.3 is 5.97 Å². The quantitative estimate of drug-likeness (QED) is 0.413. The molecule has 0 atom stereocenters. The topological polar surface area (TPSA) is 60.0 Å². The summed E-state index contributed by atoms with van der Waals surface area (Å²) < 4.78 is 18.7. The SMILES string of the molecule is CCn1cc(-n2c(C)c(Sc3cccc(CC(=O)O)c3)c3ccc(Cl)c(F)c32)cn1. The van der Waals surface area contributed by atoms with E-state index in [1.807, 2.05) is 48.9 Å². The Labute approximate surface area is 182 Å². The first-order chi connectivity index (χ1) is 14.4. The van der Waals surface area contributed by atoms with E-state index in [4.69, 9.17) is 16.7 Å². The van der Waals surface area contributed by atoms with Gasteiger partial charge in [0.25, 0.3) is 0 Å². The Morgan fingerprint density at radius 2 is 2.10 bits per heavy atom. The maximum absolute atomic E-state index is 15.1. The van der Waals surface area contributed by atoms with Gasteiger partial charge in [-0.1, -0.05) is 35.5 Å². The molecule has 4 aromatic rings. The summed E-state index contributed by atoms with van der Waals surface area (Å²) in [5, 5.41) is 14.2. The first-order valence-electron chi connectivity index (χ1n) is 9.39. The van der Waals surface area contributed by atoms with E-state index in [9.17, 15) is 4.79 Å². The highest BCUT2D eigenvalue weighted by atomic mass is 35.5. The Bertz CT molecular complexity index is 1260. The lowest BCUT2D eigenvalue weighted by Crippen LogP contribution is -1.99. The van der Waals surface area contributed by atoms with Gasteiger partial charge in [0.15, 0.2) is 5.82 Å². The number of nitrogens with zero attached hydrogens (tertiary/aromatic N) is 3. The van der Waals surface area contributed by atoms with Crippen LogP contribution >= 0.6 is 23.4 Å². The van der Waals surface area contributed by atoms with Gasteiger partial charge in [-0.3, -0.25) is 9.48 Å². The summed E-state index contributed by atoms with van der Waals surface area (Å²) >= 11 is 7.58. The van der Waals surface area contributed by atoms with Crippen molar-refractivity contribution in [2.24, 2.45) is 0 Å². The number of carbonyl (C=O) groups is 1. The van der Waals surface area contributed by atoms with Crippen LogP contribution in [0.25, 0.3) is 16.6 Å². The number of aliphatic carboxylic acids is 1. The Balaban J connectivity index is 1.88. The molecule has 0 aliphatic heterocycles. The molecule has 0 fully saturated rings. The van der Waals surface area contributed by atoms with Gasteiger partial charge in [-0.25, -0.2) is 4.39 Å². The van der Waals surface area contributed by atoms with Crippen molar-refractivity contribution in [3.05, 3.63) is 70.9 Å². The molecule has 154 valence electrons. The Morgan fingerprint density at radius 3 is 2.80 bits per heavy atom. The predicted molar refractivity (Wildman–Crippen MR) is 116 cm³/mol. The standard InChI is InChI=1S/C22H19ClFN3O2S/c1-3-26-12-15(11-25-26)27-13(2)22(17-7-8-18(23)20(24)21(17)27)30-16-6-4-5-14(9-16)10-19(28)29/h4-9,11-12H,3,10H2,1-2H3,(H,28,29). The zero-order valence-corrected chi connectivity index (χ0v) is 18.0. The zero-order valence-electron chi connectivity index (χ0n) is 16.4. The molecule has 0 aliphatic rings. The fourth-order valence-corrected chi connectivity index (χ4v) is 4.77. The van der Waals surface area contributed by atoms with Gasteiger partial charge in [-0.2, -0.15) is 5.10 Å². The fraction of sp³-hybridized carbons (Fsp3) is 0.182. The molecule has 0 aliphatic carbocycles. The zero-order chi connectivity index (χ0) is 21.4. The van der Waals surface area contributed by atoms with Gasteiger partial charge in [-0.15, -0.1) is 0 Å². The Morgan fingerprint density at radius 1 is 1.30 bits per heavy atom. The van der Waals surface area contributed by atoms with E-state index in [-0.39, 0.29) is 11.4 Å². The number of rotatable bonds is 6. The molecule has 4 rings (SSSR count). The molecule has 8 heteroatoms. The lowest BCUT2D eigenvalue weighted by atomic mass is 10.2. The third-order valence-electron chi connectivity index (χ3n) is 4.88. The summed E-state index contributed by atoms with van der Waals surface area (Å²) in [5.74, 6) is -1.36. The van der Waals surface area contributed by atoms with E-state index >= 15 is 4.39 Å². The highest BCUT2D eigenvalue weighted by molar-refractivity contribution is 7.99. The van der Waals surface area contributed by atoms with Crippen LogP contribution in [0.1, 0.15) is 18.2 Å². The fourth-order valence-electron chi connectivity index (χ4n) is 3.51. The monoisotopic (exact) mass is 443 g/mol. The van der Waals surface area contributed by atoms with E-state index in [0.717, 1.165) is 26.6 Å². The summed E-state index contributed by atoms with van der Waals surface area (Å²) in [6.45, 7) is 4.62. The van der Waals surface area contributed by atoms with Gasteiger partial charge in [0.2, 0.25) is 0 Å². The second-order valence-electron chi connectivity index (χ2n) is 6.88. The molecule has 0 spiro atoms. The van der Waals surface area contributed by atoms with Crippen LogP contribution in [-0.4, -0.2) is 25.4 Å². The van der Waals surface area contributed by atoms with Gasteiger partial charge in [0.05, 0.1) is 28.8 Å². The number of aryl methyl sites for hydroxylation is 1. The van der Waals surface area contributed by atoms with Crippen molar-refractivity contribution in [2.75, 3.05) is 0 Å². The van der Waals surface area contributed by atoms with Crippen LogP contribution in [0.5, 0.6) is 0 Å². The average Bonchev–Trinajstić information content (AvgIpc) is 3.28. The first kappa shape index (κ1) is 20.5. The second-order valence-corrected chi connectivity index (χ2v) is 8.37. The number of hydrogen-bond acceptors (Lipinski definition) is 3. The lowest BCUT2D eigenvalue weighted by molar-refractivity contribution is -0.136. The van der Waals surface area contributed by atoms with Crippen molar-refractivity contribution in [3.63, 3.8) is 0 Å². The van der Waals surface area contributed by atoms with Crippen LogP contribution in [0, 0.1) is 12.7 Å². The van der Waals surface area contributed by atoms with Gasteiger partial charge < -0.3 is 9.67 Å². The van der Waals surface area contributed by atoms with Crippen molar-refractivity contribution >= 4 is 40.2 Å². The average molecular weight is 444 g/mol. The van der Waals surface area contributed by atoms with E-state index in [1.54, 1.807) is 23.0 Å². The van der Waals surface area contributed by atoms with Crippen molar-refractivity contribution in [1.29, 1.82) is 0 Å². The van der Waals surface area contributed by atoms with Crippen LogP contribution in [0.3, 0.4) is 0 Å². The minimum absolute atomic E-state index is 0.0461. The van der Waals surface area contributed by atoms with Gasteiger partial charge in [0, 0.05) is 33.6 Å². The summed E-state index contributed by atoms with van der Waals surface area (Å²) in [7, 11) is 0. The molecule has 0 amide bonds. The molecule has 0 bridgehead atoms. The number of aromatic nitrogens is 3. The van der Waals surface area contributed by atoms with E-state index < -0.39 is 11.8 Å². The maximum Gasteiger partial charge on any atom is 0.307 e. The van der Waals surface area contributed by atoms with Crippen LogP contribution in [0.15, 0.2) is 58.6 Å². The molecule has 5 nitrogen and oxygen atoms in total. The molecule has 30 heavy (non-hydrogen) atoms. The Hall–Kier alpha value is -2.77. The third kappa shape index (κ3) is 3.70. The highest BCUT2D eigenvalue weighted by Crippen LogP contribution is 2.41. The molecular formula is C22H19ClFN3O2S. The van der Waals surface area contributed by atoms with E-state index in [2.05, 4.69) is 5.10 Å². The molecular weight excluding hydrogens is 425 g/mol. The maximum atomic E-state index is 15.1. The molecule has 0 saturated heterocycles. The normalized spacial score (nSPS) is 11.3. The summed E-state index contributed by atoms with van der Waals surface area (Å²) in [4.78, 5) is 12.8. The van der Waals surface area contributed by atoms with E-state index in [0.29, 0.717) is 17.6 Å². The third-order valence-corrected chi connectivity index (χ3v) is 6.38. The van der Waals surface area contributed by atoms with Crippen molar-refractivity contribution in [3.8, 4) is 5.69 Å². The first-order valence-corrected chi connectivity index (χ1v) is 10.6. The molecule has 1 N–H and O–H groups in total. The van der Waals surface area contributed by atoms with Crippen LogP contribution < -0.4 is 0 Å². The van der Waals surface area contributed by atoms with Crippen molar-refractivity contribution in [2.45, 2.75) is 36.6 Å². The summed E-state index contributed by atoms with van der Waals surface area (Å²) in [6.07, 6.45) is 3.53. The molecule has 0 radical (unpaired) electrons. The second kappa shape index (κ2) is 8.16. The van der Waals surface area contributed by atoms with Crippen LogP contribution in [-0.2, 0) is 17.8 Å².